The number of hydrogen-bond donors (Lipinski definition) is 2. The third-order valence-electron chi connectivity index (χ3n) is 1.92. The molecule has 2 nitrogen and oxygen atoms in total. The molecular weight excluding hydrogens is 184 g/mol. The van der Waals surface area contributed by atoms with Gasteiger partial charge in [-0.25, -0.2) is 0 Å². The number of hydrogen-bond acceptors (Lipinski definition) is 2. The first-order valence-electron chi connectivity index (χ1n) is 4.19. The summed E-state index contributed by atoms with van der Waals surface area (Å²) in [7, 11) is 0. The van der Waals surface area contributed by atoms with Crippen LogP contribution in [-0.4, -0.2) is 0 Å². The van der Waals surface area contributed by atoms with E-state index >= 15 is 0 Å². The second kappa shape index (κ2) is 5.22. The van der Waals surface area contributed by atoms with Crippen molar-refractivity contribution in [1.82, 2.24) is 0 Å². The van der Waals surface area contributed by atoms with Crippen LogP contribution in [0.5, 0.6) is 0 Å². The van der Waals surface area contributed by atoms with Gasteiger partial charge in [-0.2, -0.15) is 0 Å². The van der Waals surface area contributed by atoms with Crippen LogP contribution in [0.4, 0.5) is 0 Å². The maximum atomic E-state index is 5.77. The first kappa shape index (κ1) is 12.4. The zero-order chi connectivity index (χ0) is 9.14. The number of aryl methyl sites for hydroxylation is 1. The molecule has 0 amide bonds. The molecule has 0 aromatic heterocycles. The van der Waals surface area contributed by atoms with Crippen molar-refractivity contribution in [3.05, 3.63) is 34.9 Å². The van der Waals surface area contributed by atoms with Crippen LogP contribution < -0.4 is 11.5 Å². The van der Waals surface area contributed by atoms with Gasteiger partial charge in [0, 0.05) is 12.6 Å². The summed E-state index contributed by atoms with van der Waals surface area (Å²) >= 11 is 0. The highest BCUT2D eigenvalue weighted by atomic mass is 35.5. The summed E-state index contributed by atoms with van der Waals surface area (Å²) in [6, 6.07) is 6.35. The average molecular weight is 201 g/mol. The Kier molecular flexibility index (Phi) is 4.99. The van der Waals surface area contributed by atoms with Gasteiger partial charge in [0.1, 0.15) is 0 Å². The minimum atomic E-state index is 0. The Morgan fingerprint density at radius 2 is 1.92 bits per heavy atom. The maximum Gasteiger partial charge on any atom is 0.0266 e. The molecule has 13 heavy (non-hydrogen) atoms. The normalized spacial score (nSPS) is 12.0. The van der Waals surface area contributed by atoms with Gasteiger partial charge in [0.15, 0.2) is 0 Å². The van der Waals surface area contributed by atoms with Crippen LogP contribution >= 0.6 is 12.4 Å². The van der Waals surface area contributed by atoms with Crippen LogP contribution in [0, 0.1) is 6.92 Å². The summed E-state index contributed by atoms with van der Waals surface area (Å²) in [4.78, 5) is 0. The van der Waals surface area contributed by atoms with Crippen LogP contribution in [0.3, 0.4) is 0 Å². The second-order valence-corrected chi connectivity index (χ2v) is 3.24. The molecule has 0 radical (unpaired) electrons. The molecule has 0 saturated carbocycles. The highest BCUT2D eigenvalue weighted by Gasteiger charge is 2.01. The van der Waals surface area contributed by atoms with E-state index in [-0.39, 0.29) is 18.4 Å². The van der Waals surface area contributed by atoms with E-state index in [0.717, 1.165) is 11.1 Å². The summed E-state index contributed by atoms with van der Waals surface area (Å²) in [5.74, 6) is 0. The summed E-state index contributed by atoms with van der Waals surface area (Å²) in [5.41, 5.74) is 14.9. The van der Waals surface area contributed by atoms with E-state index in [9.17, 15) is 0 Å². The smallest absolute Gasteiger partial charge is 0.0266 e. The molecule has 0 fully saturated rings. The molecule has 74 valence electrons. The van der Waals surface area contributed by atoms with E-state index in [4.69, 9.17) is 11.5 Å². The van der Waals surface area contributed by atoms with Crippen molar-refractivity contribution in [1.29, 1.82) is 0 Å². The highest BCUT2D eigenvalue weighted by Crippen LogP contribution is 2.14. The molecule has 0 saturated heterocycles. The first-order valence-corrected chi connectivity index (χ1v) is 4.19. The molecule has 0 bridgehead atoms. The number of benzene rings is 1. The van der Waals surface area contributed by atoms with Crippen molar-refractivity contribution in [2.24, 2.45) is 11.5 Å². The fourth-order valence-corrected chi connectivity index (χ4v) is 1.28. The van der Waals surface area contributed by atoms with Crippen LogP contribution in [0.1, 0.15) is 29.7 Å². The zero-order valence-electron chi connectivity index (χ0n) is 8.08. The highest BCUT2D eigenvalue weighted by molar-refractivity contribution is 5.85. The van der Waals surface area contributed by atoms with E-state index < -0.39 is 0 Å². The Bertz CT molecular complexity index is 272. The summed E-state index contributed by atoms with van der Waals surface area (Å²) < 4.78 is 0. The molecule has 1 atom stereocenters. The van der Waals surface area contributed by atoms with Crippen molar-refractivity contribution < 1.29 is 0 Å². The van der Waals surface area contributed by atoms with Gasteiger partial charge >= 0.3 is 0 Å². The SMILES string of the molecule is Cc1cc(CN)cc([C@@H](C)N)c1.Cl. The molecule has 1 aromatic rings. The molecule has 0 aliphatic carbocycles. The Labute approximate surface area is 85.7 Å². The molecule has 1 aromatic carbocycles. The lowest BCUT2D eigenvalue weighted by Crippen LogP contribution is -2.07. The number of halogens is 1. The quantitative estimate of drug-likeness (QED) is 0.766. The van der Waals surface area contributed by atoms with E-state index in [0.29, 0.717) is 6.54 Å². The van der Waals surface area contributed by atoms with Crippen molar-refractivity contribution in [3.63, 3.8) is 0 Å². The standard InChI is InChI=1S/C10H16N2.ClH/c1-7-3-9(6-11)5-10(4-7)8(2)12;/h3-5,8H,6,11-12H2,1-2H3;1H/t8-;/m1./s1. The molecule has 1 rings (SSSR count). The molecule has 3 heteroatoms. The fourth-order valence-electron chi connectivity index (χ4n) is 1.28. The Morgan fingerprint density at radius 3 is 2.38 bits per heavy atom. The summed E-state index contributed by atoms with van der Waals surface area (Å²) in [5, 5.41) is 0. The third kappa shape index (κ3) is 3.35. The van der Waals surface area contributed by atoms with Crippen LogP contribution in [0.25, 0.3) is 0 Å². The minimum absolute atomic E-state index is 0. The van der Waals surface area contributed by atoms with Gasteiger partial charge in [0.2, 0.25) is 0 Å². The lowest BCUT2D eigenvalue weighted by atomic mass is 10.0. The zero-order valence-corrected chi connectivity index (χ0v) is 8.90. The molecular formula is C10H17ClN2. The lowest BCUT2D eigenvalue weighted by molar-refractivity contribution is 0.813. The molecule has 0 heterocycles. The van der Waals surface area contributed by atoms with Gasteiger partial charge < -0.3 is 11.5 Å². The van der Waals surface area contributed by atoms with Gasteiger partial charge in [-0.15, -0.1) is 12.4 Å². The Hall–Kier alpha value is -0.570. The largest absolute Gasteiger partial charge is 0.326 e. The predicted molar refractivity (Wildman–Crippen MR) is 58.9 cm³/mol. The lowest BCUT2D eigenvalue weighted by Gasteiger charge is -2.08. The van der Waals surface area contributed by atoms with Crippen molar-refractivity contribution in [3.8, 4) is 0 Å². The molecule has 4 N–H and O–H groups in total. The van der Waals surface area contributed by atoms with Crippen LogP contribution in [-0.2, 0) is 6.54 Å². The Balaban J connectivity index is 0.00000144. The van der Waals surface area contributed by atoms with Gasteiger partial charge in [-0.3, -0.25) is 0 Å². The van der Waals surface area contributed by atoms with E-state index in [2.05, 4.69) is 25.1 Å². The number of rotatable bonds is 2. The molecule has 0 unspecified atom stereocenters. The van der Waals surface area contributed by atoms with Gasteiger partial charge in [-0.05, 0) is 25.0 Å². The topological polar surface area (TPSA) is 52.0 Å². The van der Waals surface area contributed by atoms with E-state index in [1.807, 2.05) is 6.92 Å². The summed E-state index contributed by atoms with van der Waals surface area (Å²) in [6.07, 6.45) is 0. The Morgan fingerprint density at radius 1 is 1.31 bits per heavy atom. The molecule has 0 aliphatic rings. The van der Waals surface area contributed by atoms with Crippen LogP contribution in [0.2, 0.25) is 0 Å². The fraction of sp³-hybridized carbons (Fsp3) is 0.400. The van der Waals surface area contributed by atoms with Gasteiger partial charge in [-0.1, -0.05) is 23.8 Å². The minimum Gasteiger partial charge on any atom is -0.326 e. The van der Waals surface area contributed by atoms with Gasteiger partial charge in [0.25, 0.3) is 0 Å². The van der Waals surface area contributed by atoms with Crippen molar-refractivity contribution in [2.45, 2.75) is 26.4 Å². The second-order valence-electron chi connectivity index (χ2n) is 3.24. The first-order chi connectivity index (χ1) is 5.63. The molecule has 0 aliphatic heterocycles. The van der Waals surface area contributed by atoms with Crippen molar-refractivity contribution in [2.75, 3.05) is 0 Å². The monoisotopic (exact) mass is 200 g/mol. The van der Waals surface area contributed by atoms with Crippen molar-refractivity contribution >= 4 is 12.4 Å². The summed E-state index contributed by atoms with van der Waals surface area (Å²) in [6.45, 7) is 4.63. The van der Waals surface area contributed by atoms with E-state index in [1.165, 1.54) is 5.56 Å². The molecule has 0 spiro atoms. The predicted octanol–water partition coefficient (Wildman–Crippen LogP) is 1.90. The number of nitrogens with two attached hydrogens (primary N) is 2. The average Bonchev–Trinajstić information content (AvgIpc) is 2.03. The maximum absolute atomic E-state index is 5.77. The van der Waals surface area contributed by atoms with Gasteiger partial charge in [0.05, 0.1) is 0 Å². The van der Waals surface area contributed by atoms with E-state index in [1.54, 1.807) is 0 Å². The van der Waals surface area contributed by atoms with Crippen LogP contribution in [0.15, 0.2) is 18.2 Å². The third-order valence-corrected chi connectivity index (χ3v) is 1.92.